The lowest BCUT2D eigenvalue weighted by Gasteiger charge is -2.21. The second kappa shape index (κ2) is 9.04. The number of aromatic nitrogens is 1. The highest BCUT2D eigenvalue weighted by Crippen LogP contribution is 2.34. The number of amidine groups is 1. The summed E-state index contributed by atoms with van der Waals surface area (Å²) in [5.74, 6) is 2.82. The average molecular weight is 428 g/mol. The lowest BCUT2D eigenvalue weighted by Crippen LogP contribution is -2.39. The topological polar surface area (TPSA) is 96.6 Å². The molecule has 7 heteroatoms. The maximum atomic E-state index is 12.8. The number of fused-ring (bicyclic) bond motifs is 1. The number of nitrogens with zero attached hydrogens (tertiary/aromatic N) is 2. The van der Waals surface area contributed by atoms with E-state index in [1.807, 2.05) is 75.2 Å². The second-order valence-corrected chi connectivity index (χ2v) is 7.68. The van der Waals surface area contributed by atoms with Crippen molar-refractivity contribution in [3.8, 4) is 11.1 Å². The van der Waals surface area contributed by atoms with E-state index in [1.54, 1.807) is 0 Å². The Morgan fingerprint density at radius 3 is 2.62 bits per heavy atom. The summed E-state index contributed by atoms with van der Waals surface area (Å²) in [5, 5.41) is 9.93. The van der Waals surface area contributed by atoms with E-state index >= 15 is 0 Å². The monoisotopic (exact) mass is 428 g/mol. The first-order valence-corrected chi connectivity index (χ1v) is 10.5. The zero-order valence-corrected chi connectivity index (χ0v) is 18.2. The number of carbonyl (C=O) groups is 1. The van der Waals surface area contributed by atoms with Gasteiger partial charge in [0.1, 0.15) is 17.3 Å². The van der Waals surface area contributed by atoms with Gasteiger partial charge in [-0.3, -0.25) is 4.79 Å². The van der Waals surface area contributed by atoms with E-state index < -0.39 is 0 Å². The third-order valence-electron chi connectivity index (χ3n) is 5.57. The van der Waals surface area contributed by atoms with E-state index in [4.69, 9.17) is 4.52 Å². The number of hydrogen-bond donors (Lipinski definition) is 2. The van der Waals surface area contributed by atoms with Crippen molar-refractivity contribution >= 4 is 29.1 Å². The van der Waals surface area contributed by atoms with Crippen molar-refractivity contribution in [2.75, 3.05) is 6.54 Å². The summed E-state index contributed by atoms with van der Waals surface area (Å²) in [4.78, 5) is 29.0. The van der Waals surface area contributed by atoms with E-state index in [1.165, 1.54) is 0 Å². The van der Waals surface area contributed by atoms with Crippen LogP contribution in [0.5, 0.6) is 0 Å². The molecule has 0 fully saturated rings. The number of aliphatic imine (C=N–C) groups is 1. The molecule has 0 bridgehead atoms. The Morgan fingerprint density at radius 1 is 1.19 bits per heavy atom. The number of benzene rings is 2. The summed E-state index contributed by atoms with van der Waals surface area (Å²) < 4.78 is 5.26. The van der Waals surface area contributed by atoms with E-state index in [2.05, 4.69) is 20.8 Å². The highest BCUT2D eigenvalue weighted by atomic mass is 16.5. The van der Waals surface area contributed by atoms with Crippen molar-refractivity contribution in [2.45, 2.75) is 33.1 Å². The number of nitrogens with one attached hydrogen (secondary N) is 2. The van der Waals surface area contributed by atoms with Crippen LogP contribution in [-0.2, 0) is 9.59 Å². The first-order valence-electron chi connectivity index (χ1n) is 10.5. The number of carbonyl (C=O) groups excluding carboxylic acids is 2. The summed E-state index contributed by atoms with van der Waals surface area (Å²) in [5.41, 5.74) is 5.08. The molecule has 2 N–H and O–H groups in total. The number of hydrogen-bond acceptors (Lipinski definition) is 6. The maximum absolute atomic E-state index is 12.8. The molecular formula is C25H24N4O3. The molecule has 1 aliphatic rings. The second-order valence-electron chi connectivity index (χ2n) is 7.68. The van der Waals surface area contributed by atoms with Gasteiger partial charge in [0.15, 0.2) is 5.94 Å². The van der Waals surface area contributed by atoms with Gasteiger partial charge in [-0.15, -0.1) is 0 Å². The van der Waals surface area contributed by atoms with Gasteiger partial charge in [0.25, 0.3) is 0 Å². The minimum Gasteiger partial charge on any atom is -0.361 e. The van der Waals surface area contributed by atoms with Gasteiger partial charge in [0.2, 0.25) is 5.91 Å². The van der Waals surface area contributed by atoms with Crippen LogP contribution in [0.1, 0.15) is 41.8 Å². The van der Waals surface area contributed by atoms with Crippen LogP contribution in [0.15, 0.2) is 58.0 Å². The van der Waals surface area contributed by atoms with Crippen molar-refractivity contribution in [2.24, 2.45) is 4.99 Å². The Labute approximate surface area is 186 Å². The molecule has 0 spiro atoms. The van der Waals surface area contributed by atoms with Crippen LogP contribution < -0.4 is 10.6 Å². The molecule has 1 atom stereocenters. The van der Waals surface area contributed by atoms with Gasteiger partial charge in [-0.05, 0) is 43.5 Å². The zero-order valence-electron chi connectivity index (χ0n) is 18.2. The molecule has 3 aromatic rings. The van der Waals surface area contributed by atoms with Gasteiger partial charge >= 0.3 is 0 Å². The van der Waals surface area contributed by atoms with Crippen molar-refractivity contribution in [3.63, 3.8) is 0 Å². The predicted octanol–water partition coefficient (Wildman–Crippen LogP) is 4.07. The van der Waals surface area contributed by atoms with Gasteiger partial charge in [0.05, 0.1) is 23.8 Å². The van der Waals surface area contributed by atoms with Gasteiger partial charge in [0, 0.05) is 11.1 Å². The average Bonchev–Trinajstić information content (AvgIpc) is 3.15. The first-order chi connectivity index (χ1) is 15.5. The number of rotatable bonds is 6. The Morgan fingerprint density at radius 2 is 1.97 bits per heavy atom. The van der Waals surface area contributed by atoms with Crippen molar-refractivity contribution in [3.05, 3.63) is 71.1 Å². The summed E-state index contributed by atoms with van der Waals surface area (Å²) in [7, 11) is 0. The third-order valence-corrected chi connectivity index (χ3v) is 5.57. The van der Waals surface area contributed by atoms with Crippen molar-refractivity contribution in [1.82, 2.24) is 15.8 Å². The lowest BCUT2D eigenvalue weighted by atomic mass is 9.95. The molecule has 1 aromatic heterocycles. The molecule has 2 heterocycles. The highest BCUT2D eigenvalue weighted by molar-refractivity contribution is 6.06. The van der Waals surface area contributed by atoms with Crippen LogP contribution in [0.3, 0.4) is 0 Å². The first kappa shape index (κ1) is 21.3. The maximum Gasteiger partial charge on any atom is 0.227 e. The van der Waals surface area contributed by atoms with E-state index in [9.17, 15) is 9.59 Å². The molecule has 2 aromatic carbocycles. The minimum absolute atomic E-state index is 0.0839. The zero-order chi connectivity index (χ0) is 22.7. The number of aryl methyl sites for hydroxylation is 2. The molecule has 0 aliphatic carbocycles. The summed E-state index contributed by atoms with van der Waals surface area (Å²) in [6, 6.07) is 15.3. The van der Waals surface area contributed by atoms with Gasteiger partial charge in [-0.25, -0.2) is 9.79 Å². The lowest BCUT2D eigenvalue weighted by molar-refractivity contribution is -0.122. The van der Waals surface area contributed by atoms with Crippen LogP contribution in [0.25, 0.3) is 16.8 Å². The van der Waals surface area contributed by atoms with Crippen LogP contribution in [0, 0.1) is 13.8 Å². The fourth-order valence-corrected chi connectivity index (χ4v) is 3.99. The number of amides is 1. The normalized spacial score (nSPS) is 13.5. The fourth-order valence-electron chi connectivity index (χ4n) is 3.99. The Balaban J connectivity index is 1.55. The molecule has 0 radical (unpaired) electrons. The largest absolute Gasteiger partial charge is 0.361 e. The molecule has 32 heavy (non-hydrogen) atoms. The molecule has 0 saturated carbocycles. The molecular weight excluding hydrogens is 404 g/mol. The summed E-state index contributed by atoms with van der Waals surface area (Å²) >= 11 is 0. The Bertz CT molecular complexity index is 1220. The van der Waals surface area contributed by atoms with Gasteiger partial charge in [-0.1, -0.05) is 48.5 Å². The molecule has 162 valence electrons. The summed E-state index contributed by atoms with van der Waals surface area (Å²) in [6.45, 7) is 5.88. The van der Waals surface area contributed by atoms with E-state index in [0.29, 0.717) is 29.3 Å². The highest BCUT2D eigenvalue weighted by Gasteiger charge is 2.22. The molecule has 0 saturated heterocycles. The van der Waals surface area contributed by atoms with E-state index in [0.717, 1.165) is 22.4 Å². The van der Waals surface area contributed by atoms with Crippen LogP contribution in [0.4, 0.5) is 5.69 Å². The summed E-state index contributed by atoms with van der Waals surface area (Å²) in [6.07, 6.45) is 0.683. The van der Waals surface area contributed by atoms with Crippen molar-refractivity contribution < 1.29 is 14.1 Å². The fraction of sp³-hybridized carbons (Fsp3) is 0.240. The molecule has 1 aliphatic heterocycles. The smallest absolute Gasteiger partial charge is 0.227 e. The molecule has 1 unspecified atom stereocenters. The Kier molecular flexibility index (Phi) is 6.01. The quantitative estimate of drug-likeness (QED) is 0.577. The molecule has 1 amide bonds. The van der Waals surface area contributed by atoms with Gasteiger partial charge in [-0.2, -0.15) is 0 Å². The SMILES string of the molecule is CCC(C(=O)NCC1=Nc2ccc(-c3c(C)noc3C)cc2C(=C=O)N1)c1ccccc1. The minimum atomic E-state index is -0.244. The molecule has 4 rings (SSSR count). The van der Waals surface area contributed by atoms with Gasteiger partial charge < -0.3 is 15.2 Å². The van der Waals surface area contributed by atoms with Crippen LogP contribution in [0.2, 0.25) is 0 Å². The molecule has 7 nitrogen and oxygen atoms in total. The van der Waals surface area contributed by atoms with Crippen LogP contribution in [-0.4, -0.2) is 29.4 Å². The van der Waals surface area contributed by atoms with Crippen molar-refractivity contribution in [1.29, 1.82) is 0 Å². The van der Waals surface area contributed by atoms with E-state index in [-0.39, 0.29) is 24.1 Å². The van der Waals surface area contributed by atoms with Crippen LogP contribution >= 0.6 is 0 Å². The predicted molar refractivity (Wildman–Crippen MR) is 123 cm³/mol. The third kappa shape index (κ3) is 4.11. The Hall–Kier alpha value is -3.96. The standard InChI is InChI=1S/C25H24N4O3/c1-4-19(17-8-6-5-7-9-17)25(31)26-13-23-27-21-11-10-18(12-20(21)22(14-30)28-23)24-15(2)29-32-16(24)3/h5-12,19H,4,13H2,1-3H3,(H,26,31)(H,27,28).